The van der Waals surface area contributed by atoms with Gasteiger partial charge in [-0.15, -0.1) is 0 Å². The first-order valence-corrected chi connectivity index (χ1v) is 7.57. The molecule has 1 aromatic carbocycles. The maximum absolute atomic E-state index is 12.8. The van der Waals surface area contributed by atoms with Crippen LogP contribution in [-0.2, 0) is 0 Å². The van der Waals surface area contributed by atoms with Crippen molar-refractivity contribution in [2.45, 2.75) is 13.0 Å². The van der Waals surface area contributed by atoms with E-state index in [1.54, 1.807) is 6.20 Å². The molecule has 2 heterocycles. The standard InChI is InChI=1S/C16H20ClN3O/c1-10-8-20(9-15(10)19(2)3)16(21)13-7-18-14-6-11(17)4-5-12(13)14/h4-7,10,15,18H,8-9H2,1-3H3. The van der Waals surface area contributed by atoms with E-state index in [1.165, 1.54) is 0 Å². The molecule has 1 aliphatic rings. The Hall–Kier alpha value is -1.52. The average molecular weight is 306 g/mol. The molecule has 0 spiro atoms. The zero-order valence-corrected chi connectivity index (χ0v) is 13.3. The van der Waals surface area contributed by atoms with Gasteiger partial charge in [0.15, 0.2) is 0 Å². The minimum absolute atomic E-state index is 0.0970. The summed E-state index contributed by atoms with van der Waals surface area (Å²) in [7, 11) is 4.14. The Morgan fingerprint density at radius 2 is 2.14 bits per heavy atom. The summed E-state index contributed by atoms with van der Waals surface area (Å²) in [5.41, 5.74) is 1.63. The molecule has 2 atom stereocenters. The first-order valence-electron chi connectivity index (χ1n) is 7.19. The summed E-state index contributed by atoms with van der Waals surface area (Å²) < 4.78 is 0. The van der Waals surface area contributed by atoms with Gasteiger partial charge in [-0.25, -0.2) is 0 Å². The third-order valence-corrected chi connectivity index (χ3v) is 4.63. The molecule has 4 nitrogen and oxygen atoms in total. The zero-order valence-electron chi connectivity index (χ0n) is 12.6. The fraction of sp³-hybridized carbons (Fsp3) is 0.438. The largest absolute Gasteiger partial charge is 0.360 e. The number of amides is 1. The van der Waals surface area contributed by atoms with Crippen molar-refractivity contribution in [2.24, 2.45) is 5.92 Å². The van der Waals surface area contributed by atoms with Crippen LogP contribution in [-0.4, -0.2) is 53.9 Å². The van der Waals surface area contributed by atoms with Crippen LogP contribution in [0.3, 0.4) is 0 Å². The lowest BCUT2D eigenvalue weighted by Crippen LogP contribution is -2.35. The molecular weight excluding hydrogens is 286 g/mol. The predicted octanol–water partition coefficient (Wildman–Crippen LogP) is 2.84. The van der Waals surface area contributed by atoms with Gasteiger partial charge in [0.1, 0.15) is 0 Å². The summed E-state index contributed by atoms with van der Waals surface area (Å²) in [5.74, 6) is 0.586. The lowest BCUT2D eigenvalue weighted by molar-refractivity contribution is 0.0783. The van der Waals surface area contributed by atoms with E-state index in [-0.39, 0.29) is 5.91 Å². The molecule has 0 saturated carbocycles. The first-order chi connectivity index (χ1) is 9.97. The van der Waals surface area contributed by atoms with Crippen molar-refractivity contribution < 1.29 is 4.79 Å². The van der Waals surface area contributed by atoms with Crippen molar-refractivity contribution in [1.82, 2.24) is 14.8 Å². The zero-order chi connectivity index (χ0) is 15.1. The maximum Gasteiger partial charge on any atom is 0.256 e. The number of halogens is 1. The van der Waals surface area contributed by atoms with E-state index in [9.17, 15) is 4.79 Å². The molecule has 3 rings (SSSR count). The Morgan fingerprint density at radius 3 is 2.81 bits per heavy atom. The summed E-state index contributed by atoms with van der Waals surface area (Å²) in [6, 6.07) is 6.00. The molecule has 2 unspecified atom stereocenters. The van der Waals surface area contributed by atoms with Crippen molar-refractivity contribution >= 4 is 28.4 Å². The molecule has 1 amide bonds. The highest BCUT2D eigenvalue weighted by atomic mass is 35.5. The summed E-state index contributed by atoms with van der Waals surface area (Å²) in [6.45, 7) is 3.79. The van der Waals surface area contributed by atoms with Crippen LogP contribution in [0.15, 0.2) is 24.4 Å². The molecule has 5 heteroatoms. The van der Waals surface area contributed by atoms with Crippen LogP contribution in [0.4, 0.5) is 0 Å². The van der Waals surface area contributed by atoms with Gasteiger partial charge < -0.3 is 14.8 Å². The Labute approximate surface area is 129 Å². The molecule has 1 aliphatic heterocycles. The van der Waals surface area contributed by atoms with Gasteiger partial charge in [-0.1, -0.05) is 24.6 Å². The number of likely N-dealkylation sites (N-methyl/N-ethyl adjacent to an activating group) is 1. The van der Waals surface area contributed by atoms with Crippen molar-refractivity contribution in [3.8, 4) is 0 Å². The number of aromatic amines is 1. The smallest absolute Gasteiger partial charge is 0.256 e. The van der Waals surface area contributed by atoms with Crippen molar-refractivity contribution in [3.05, 3.63) is 35.0 Å². The summed E-state index contributed by atoms with van der Waals surface area (Å²) in [6.07, 6.45) is 1.79. The van der Waals surface area contributed by atoms with E-state index in [0.717, 1.165) is 29.6 Å². The summed E-state index contributed by atoms with van der Waals surface area (Å²) in [5, 5.41) is 1.61. The Bertz CT molecular complexity index is 679. The van der Waals surface area contributed by atoms with Crippen LogP contribution in [0.5, 0.6) is 0 Å². The highest BCUT2D eigenvalue weighted by molar-refractivity contribution is 6.31. The number of benzene rings is 1. The fourth-order valence-electron chi connectivity index (χ4n) is 3.23. The number of hydrogen-bond acceptors (Lipinski definition) is 2. The van der Waals surface area contributed by atoms with Gasteiger partial charge in [0, 0.05) is 41.3 Å². The van der Waals surface area contributed by atoms with Crippen LogP contribution < -0.4 is 0 Å². The molecule has 0 bridgehead atoms. The average Bonchev–Trinajstić information content (AvgIpc) is 3.01. The van der Waals surface area contributed by atoms with Crippen molar-refractivity contribution in [2.75, 3.05) is 27.2 Å². The van der Waals surface area contributed by atoms with Gasteiger partial charge in [-0.2, -0.15) is 0 Å². The third kappa shape index (κ3) is 2.54. The van der Waals surface area contributed by atoms with Gasteiger partial charge in [0.25, 0.3) is 5.91 Å². The second-order valence-electron chi connectivity index (χ2n) is 6.11. The van der Waals surface area contributed by atoms with Crippen LogP contribution in [0, 0.1) is 5.92 Å². The summed E-state index contributed by atoms with van der Waals surface area (Å²) >= 11 is 5.99. The van der Waals surface area contributed by atoms with Gasteiger partial charge in [0.05, 0.1) is 5.56 Å². The number of carbonyl (C=O) groups is 1. The highest BCUT2D eigenvalue weighted by Gasteiger charge is 2.34. The lowest BCUT2D eigenvalue weighted by atomic mass is 10.1. The van der Waals surface area contributed by atoms with E-state index in [1.807, 2.05) is 23.1 Å². The SMILES string of the molecule is CC1CN(C(=O)c2c[nH]c3cc(Cl)ccc23)CC1N(C)C. The number of H-pyrrole nitrogens is 1. The second kappa shape index (κ2) is 5.35. The topological polar surface area (TPSA) is 39.3 Å². The number of nitrogens with one attached hydrogen (secondary N) is 1. The molecule has 0 aliphatic carbocycles. The van der Waals surface area contributed by atoms with Crippen molar-refractivity contribution in [1.29, 1.82) is 0 Å². The van der Waals surface area contributed by atoms with Crippen molar-refractivity contribution in [3.63, 3.8) is 0 Å². The molecule has 2 aromatic rings. The monoisotopic (exact) mass is 305 g/mol. The number of aromatic nitrogens is 1. The maximum atomic E-state index is 12.8. The Kier molecular flexibility index (Phi) is 3.68. The third-order valence-electron chi connectivity index (χ3n) is 4.40. The van der Waals surface area contributed by atoms with Crippen LogP contribution in [0.2, 0.25) is 5.02 Å². The molecule has 1 N–H and O–H groups in total. The number of carbonyl (C=O) groups excluding carboxylic acids is 1. The van der Waals surface area contributed by atoms with E-state index >= 15 is 0 Å². The molecule has 21 heavy (non-hydrogen) atoms. The molecule has 112 valence electrons. The molecule has 1 aromatic heterocycles. The van der Waals surface area contributed by atoms with Crippen LogP contribution in [0.1, 0.15) is 17.3 Å². The quantitative estimate of drug-likeness (QED) is 0.926. The Balaban J connectivity index is 1.88. The van der Waals surface area contributed by atoms with E-state index in [4.69, 9.17) is 11.6 Å². The highest BCUT2D eigenvalue weighted by Crippen LogP contribution is 2.26. The van der Waals surface area contributed by atoms with Gasteiger partial charge in [0.2, 0.25) is 0 Å². The molecular formula is C16H20ClN3O. The normalized spacial score (nSPS) is 22.4. The van der Waals surface area contributed by atoms with E-state index in [2.05, 4.69) is 30.9 Å². The van der Waals surface area contributed by atoms with E-state index in [0.29, 0.717) is 17.0 Å². The molecule has 1 saturated heterocycles. The Morgan fingerprint density at radius 1 is 1.38 bits per heavy atom. The fourth-order valence-corrected chi connectivity index (χ4v) is 3.41. The van der Waals surface area contributed by atoms with Crippen LogP contribution in [0.25, 0.3) is 10.9 Å². The summed E-state index contributed by atoms with van der Waals surface area (Å²) in [4.78, 5) is 20.1. The van der Waals surface area contributed by atoms with E-state index < -0.39 is 0 Å². The minimum Gasteiger partial charge on any atom is -0.360 e. The van der Waals surface area contributed by atoms with Gasteiger partial charge in [-0.3, -0.25) is 4.79 Å². The van der Waals surface area contributed by atoms with Crippen LogP contribution >= 0.6 is 11.6 Å². The predicted molar refractivity (Wildman–Crippen MR) is 85.9 cm³/mol. The number of rotatable bonds is 2. The number of nitrogens with zero attached hydrogens (tertiary/aromatic N) is 2. The lowest BCUT2D eigenvalue weighted by Gasteiger charge is -2.22. The number of likely N-dealkylation sites (tertiary alicyclic amines) is 1. The number of hydrogen-bond donors (Lipinski definition) is 1. The number of fused-ring (bicyclic) bond motifs is 1. The van der Waals surface area contributed by atoms with Gasteiger partial charge in [-0.05, 0) is 32.1 Å². The second-order valence-corrected chi connectivity index (χ2v) is 6.55. The van der Waals surface area contributed by atoms with Gasteiger partial charge >= 0.3 is 0 Å². The molecule has 0 radical (unpaired) electrons. The minimum atomic E-state index is 0.0970. The first kappa shape index (κ1) is 14.4. The molecule has 1 fully saturated rings.